The largest absolute Gasteiger partial charge is 0.493 e. The number of rotatable bonds is 4. The van der Waals surface area contributed by atoms with E-state index in [-0.39, 0.29) is 5.91 Å². The number of fused-ring (bicyclic) bond motifs is 2. The monoisotopic (exact) mass is 371 g/mol. The highest BCUT2D eigenvalue weighted by molar-refractivity contribution is 6.06. The summed E-state index contributed by atoms with van der Waals surface area (Å²) in [5.41, 5.74) is 6.47. The van der Waals surface area contributed by atoms with Crippen molar-refractivity contribution in [1.29, 1.82) is 0 Å². The summed E-state index contributed by atoms with van der Waals surface area (Å²) in [6.07, 6.45) is 4.38. The number of carbonyl (C=O) groups excluding carboxylic acids is 1. The molecule has 0 unspecified atom stereocenters. The predicted octanol–water partition coefficient (Wildman–Crippen LogP) is 3.83. The lowest BCUT2D eigenvalue weighted by molar-refractivity contribution is 0.102. The third-order valence-electron chi connectivity index (χ3n) is 5.34. The average molecular weight is 371 g/mol. The van der Waals surface area contributed by atoms with Gasteiger partial charge in [0.05, 0.1) is 6.61 Å². The first-order valence-electron chi connectivity index (χ1n) is 9.63. The minimum atomic E-state index is -0.111. The van der Waals surface area contributed by atoms with Crippen molar-refractivity contribution in [2.45, 2.75) is 19.3 Å². The lowest BCUT2D eigenvalue weighted by atomic mass is 10.0. The molecule has 2 aliphatic rings. The molecule has 5 heteroatoms. The van der Waals surface area contributed by atoms with Crippen LogP contribution < -0.4 is 15.4 Å². The van der Waals surface area contributed by atoms with E-state index in [2.05, 4.69) is 27.8 Å². The summed E-state index contributed by atoms with van der Waals surface area (Å²) in [5, 5.41) is 6.27. The van der Waals surface area contributed by atoms with Crippen molar-refractivity contribution in [2.75, 3.05) is 23.8 Å². The summed E-state index contributed by atoms with van der Waals surface area (Å²) < 4.78 is 5.58. The summed E-state index contributed by atoms with van der Waals surface area (Å²) in [6.45, 7) is 1.64. The van der Waals surface area contributed by atoms with Gasteiger partial charge in [0, 0.05) is 30.4 Å². The normalized spacial score (nSPS) is 14.0. The Hall–Kier alpha value is -3.34. The molecule has 0 aliphatic carbocycles. The van der Waals surface area contributed by atoms with Crippen LogP contribution >= 0.6 is 0 Å². The minimum Gasteiger partial charge on any atom is -0.493 e. The van der Waals surface area contributed by atoms with Crippen LogP contribution in [0.15, 0.2) is 54.7 Å². The first-order valence-corrected chi connectivity index (χ1v) is 9.63. The quantitative estimate of drug-likeness (QED) is 0.732. The van der Waals surface area contributed by atoms with E-state index in [4.69, 9.17) is 4.74 Å². The molecule has 0 spiro atoms. The van der Waals surface area contributed by atoms with Gasteiger partial charge in [0.15, 0.2) is 0 Å². The molecule has 0 saturated heterocycles. The molecule has 0 atom stereocenters. The number of nitrogens with zero attached hydrogens (tertiary/aromatic N) is 1. The van der Waals surface area contributed by atoms with Crippen LogP contribution in [0.5, 0.6) is 5.75 Å². The number of amides is 1. The summed E-state index contributed by atoms with van der Waals surface area (Å²) in [4.78, 5) is 17.1. The van der Waals surface area contributed by atoms with Crippen molar-refractivity contribution in [3.8, 4) is 5.75 Å². The fraction of sp³-hybridized carbons (Fsp3) is 0.217. The van der Waals surface area contributed by atoms with Gasteiger partial charge in [-0.05, 0) is 65.4 Å². The third kappa shape index (κ3) is 3.20. The Morgan fingerprint density at radius 2 is 2.04 bits per heavy atom. The predicted molar refractivity (Wildman–Crippen MR) is 109 cm³/mol. The number of benzene rings is 2. The Kier molecular flexibility index (Phi) is 4.20. The number of hydrogen-bond donors (Lipinski definition) is 2. The Morgan fingerprint density at radius 3 is 3.00 bits per heavy atom. The molecule has 0 bridgehead atoms. The van der Waals surface area contributed by atoms with Gasteiger partial charge in [-0.15, -0.1) is 0 Å². The van der Waals surface area contributed by atoms with Crippen LogP contribution in [0.4, 0.5) is 11.5 Å². The zero-order chi connectivity index (χ0) is 18.9. The van der Waals surface area contributed by atoms with Gasteiger partial charge in [-0.3, -0.25) is 4.79 Å². The third-order valence-corrected chi connectivity index (χ3v) is 5.34. The van der Waals surface area contributed by atoms with E-state index in [1.807, 2.05) is 36.4 Å². The van der Waals surface area contributed by atoms with Crippen molar-refractivity contribution >= 4 is 17.4 Å². The van der Waals surface area contributed by atoms with Crippen LogP contribution in [0.1, 0.15) is 32.6 Å². The fourth-order valence-electron chi connectivity index (χ4n) is 3.98. The van der Waals surface area contributed by atoms with Gasteiger partial charge in [0.1, 0.15) is 11.6 Å². The second kappa shape index (κ2) is 7.00. The van der Waals surface area contributed by atoms with Crippen molar-refractivity contribution in [1.82, 2.24) is 4.98 Å². The van der Waals surface area contributed by atoms with E-state index < -0.39 is 0 Å². The van der Waals surface area contributed by atoms with Crippen LogP contribution in [0.3, 0.4) is 0 Å². The Bertz CT molecular complexity index is 1060. The molecular weight excluding hydrogens is 350 g/mol. The van der Waals surface area contributed by atoms with E-state index in [9.17, 15) is 4.79 Å². The first-order chi connectivity index (χ1) is 13.8. The maximum atomic E-state index is 12.8. The number of pyridine rings is 1. The standard InChI is InChI=1S/C23H21N3O2/c27-23(19-2-1-3-20-18(19)7-10-24-20)26-22-14-16(6-9-25-22)12-15-4-5-21-17(13-15)8-11-28-21/h1-6,9,13-14,24H,7-8,10-12H2,(H,25,26,27). The highest BCUT2D eigenvalue weighted by Gasteiger charge is 2.19. The molecule has 140 valence electrons. The van der Waals surface area contributed by atoms with Gasteiger partial charge in [-0.25, -0.2) is 4.98 Å². The van der Waals surface area contributed by atoms with Crippen LogP contribution in [-0.4, -0.2) is 24.0 Å². The molecule has 3 heterocycles. The van der Waals surface area contributed by atoms with Crippen molar-refractivity contribution in [3.05, 3.63) is 82.5 Å². The fourth-order valence-corrected chi connectivity index (χ4v) is 3.98. The maximum Gasteiger partial charge on any atom is 0.257 e. The highest BCUT2D eigenvalue weighted by atomic mass is 16.5. The van der Waals surface area contributed by atoms with Gasteiger partial charge < -0.3 is 15.4 Å². The van der Waals surface area contributed by atoms with Crippen LogP contribution in [-0.2, 0) is 19.3 Å². The van der Waals surface area contributed by atoms with Crippen molar-refractivity contribution in [2.24, 2.45) is 0 Å². The number of anilines is 2. The van der Waals surface area contributed by atoms with Crippen molar-refractivity contribution in [3.63, 3.8) is 0 Å². The molecule has 3 aromatic rings. The second-order valence-electron chi connectivity index (χ2n) is 7.23. The van der Waals surface area contributed by atoms with Crippen LogP contribution in [0.25, 0.3) is 0 Å². The molecule has 0 radical (unpaired) electrons. The van der Waals surface area contributed by atoms with E-state index in [1.165, 1.54) is 11.1 Å². The zero-order valence-electron chi connectivity index (χ0n) is 15.5. The molecule has 5 nitrogen and oxygen atoms in total. The number of aromatic nitrogens is 1. The summed E-state index contributed by atoms with van der Waals surface area (Å²) >= 11 is 0. The Labute approximate surface area is 163 Å². The van der Waals surface area contributed by atoms with Crippen LogP contribution in [0, 0.1) is 0 Å². The van der Waals surface area contributed by atoms with Gasteiger partial charge in [-0.2, -0.15) is 0 Å². The maximum absolute atomic E-state index is 12.8. The molecule has 5 rings (SSSR count). The molecule has 0 saturated carbocycles. The SMILES string of the molecule is O=C(Nc1cc(Cc2ccc3c(c2)CCO3)ccn1)c1cccc2c1CCN2. The first kappa shape index (κ1) is 16.8. The van der Waals surface area contributed by atoms with Gasteiger partial charge in [-0.1, -0.05) is 18.2 Å². The average Bonchev–Trinajstić information content (AvgIpc) is 3.36. The number of hydrogen-bond acceptors (Lipinski definition) is 4. The molecular formula is C23H21N3O2. The van der Waals surface area contributed by atoms with Crippen molar-refractivity contribution < 1.29 is 9.53 Å². The van der Waals surface area contributed by atoms with Crippen LogP contribution in [0.2, 0.25) is 0 Å². The molecule has 2 N–H and O–H groups in total. The molecule has 0 fully saturated rings. The molecule has 2 aliphatic heterocycles. The number of nitrogens with one attached hydrogen (secondary N) is 2. The molecule has 28 heavy (non-hydrogen) atoms. The minimum absolute atomic E-state index is 0.111. The number of carbonyl (C=O) groups is 1. The Morgan fingerprint density at radius 1 is 1.11 bits per heavy atom. The van der Waals surface area contributed by atoms with E-state index in [0.717, 1.165) is 55.0 Å². The smallest absolute Gasteiger partial charge is 0.257 e. The van der Waals surface area contributed by atoms with Gasteiger partial charge >= 0.3 is 0 Å². The zero-order valence-corrected chi connectivity index (χ0v) is 15.5. The Balaban J connectivity index is 1.33. The van der Waals surface area contributed by atoms with Gasteiger partial charge in [0.2, 0.25) is 0 Å². The summed E-state index contributed by atoms with van der Waals surface area (Å²) in [5.74, 6) is 1.46. The van der Waals surface area contributed by atoms with E-state index in [0.29, 0.717) is 11.4 Å². The van der Waals surface area contributed by atoms with E-state index in [1.54, 1.807) is 6.20 Å². The van der Waals surface area contributed by atoms with Gasteiger partial charge in [0.25, 0.3) is 5.91 Å². The summed E-state index contributed by atoms with van der Waals surface area (Å²) in [7, 11) is 0. The summed E-state index contributed by atoms with van der Waals surface area (Å²) in [6, 6.07) is 16.1. The van der Waals surface area contributed by atoms with E-state index >= 15 is 0 Å². The lowest BCUT2D eigenvalue weighted by Gasteiger charge is -2.10. The second-order valence-corrected chi connectivity index (χ2v) is 7.23. The molecule has 1 aromatic heterocycles. The number of ether oxygens (including phenoxy) is 1. The molecule has 2 aromatic carbocycles. The molecule has 1 amide bonds. The lowest BCUT2D eigenvalue weighted by Crippen LogP contribution is -2.15. The topological polar surface area (TPSA) is 63.2 Å². The highest BCUT2D eigenvalue weighted by Crippen LogP contribution is 2.28.